The molecule has 0 unspecified atom stereocenters. The smallest absolute Gasteiger partial charge is 0.0431 e. The van der Waals surface area contributed by atoms with Crippen LogP contribution in [-0.2, 0) is 24.1 Å². The Morgan fingerprint density at radius 1 is 0.867 bits per heavy atom. The number of aliphatic hydroxyl groups is 2. The Bertz CT molecular complexity index is 91.8. The second kappa shape index (κ2) is 17.0. The van der Waals surface area contributed by atoms with Crippen molar-refractivity contribution < 1.29 is 34.4 Å². The third-order valence-corrected chi connectivity index (χ3v) is 2.54. The summed E-state index contributed by atoms with van der Waals surface area (Å²) < 4.78 is 4.75. The Kier molecular flexibility index (Phi) is 20.4. The van der Waals surface area contributed by atoms with Crippen LogP contribution >= 0.6 is 0 Å². The standard InChI is InChI=1S/C8H18O2.C3H7O.Ti/c9-7-5-3-1-2-4-6-8-10;1-3(2)4;/h9-10H,1-8H2;3H,1-2H3;/q;-1;+1. The number of hydrogen-bond acceptors (Lipinski definition) is 3. The molecule has 0 amide bonds. The van der Waals surface area contributed by atoms with E-state index in [0.29, 0.717) is 19.3 Å². The maximum atomic E-state index is 8.43. The zero-order valence-corrected chi connectivity index (χ0v) is 11.6. The normalized spacial score (nSPS) is 9.87. The molecule has 0 aromatic rings. The molecular formula is C11H25O3Ti. The largest absolute Gasteiger partial charge is 0.396 e. The predicted octanol–water partition coefficient (Wildman–Crippen LogP) is 2.18. The monoisotopic (exact) mass is 253 g/mol. The summed E-state index contributed by atoms with van der Waals surface area (Å²) in [7, 11) is 0. The third-order valence-electron chi connectivity index (χ3n) is 1.80. The molecule has 0 saturated carbocycles. The molecule has 0 saturated heterocycles. The molecular weight excluding hydrogens is 228 g/mol. The molecule has 0 spiro atoms. The van der Waals surface area contributed by atoms with Crippen molar-refractivity contribution in [2.75, 3.05) is 13.2 Å². The van der Waals surface area contributed by atoms with E-state index < -0.39 is 0 Å². The van der Waals surface area contributed by atoms with Gasteiger partial charge in [0.05, 0.1) is 0 Å². The Labute approximate surface area is 106 Å². The van der Waals surface area contributed by atoms with Gasteiger partial charge in [0, 0.05) is 13.2 Å². The van der Waals surface area contributed by atoms with Gasteiger partial charge < -0.3 is 10.2 Å². The molecule has 0 aromatic carbocycles. The van der Waals surface area contributed by atoms with E-state index in [1.54, 1.807) is 20.8 Å². The van der Waals surface area contributed by atoms with Crippen molar-refractivity contribution >= 4 is 0 Å². The van der Waals surface area contributed by atoms with E-state index in [9.17, 15) is 0 Å². The van der Waals surface area contributed by atoms with Crippen LogP contribution in [0.25, 0.3) is 0 Å². The first kappa shape index (κ1) is 18.0. The number of rotatable bonds is 8. The minimum Gasteiger partial charge on any atom is -0.396 e. The van der Waals surface area contributed by atoms with Crippen molar-refractivity contribution in [2.45, 2.75) is 58.5 Å². The van der Waals surface area contributed by atoms with Crippen LogP contribution in [0.2, 0.25) is 0 Å². The quantitative estimate of drug-likeness (QED) is 0.515. The van der Waals surface area contributed by atoms with Crippen LogP contribution in [0.3, 0.4) is 0 Å². The summed E-state index contributed by atoms with van der Waals surface area (Å²) in [6, 6.07) is 0. The van der Waals surface area contributed by atoms with Gasteiger partial charge in [0.1, 0.15) is 0 Å². The number of unbranched alkanes of at least 4 members (excludes halogenated alkanes) is 5. The molecule has 3 nitrogen and oxygen atoms in total. The molecule has 91 valence electrons. The van der Waals surface area contributed by atoms with E-state index in [-0.39, 0.29) is 0 Å². The van der Waals surface area contributed by atoms with Crippen LogP contribution < -0.4 is 0 Å². The Morgan fingerprint density at radius 3 is 1.33 bits per heavy atom. The molecule has 0 aliphatic carbocycles. The maximum Gasteiger partial charge on any atom is 0.0431 e. The molecule has 0 rings (SSSR count). The summed E-state index contributed by atoms with van der Waals surface area (Å²) in [6.45, 7) is 4.64. The molecule has 0 heterocycles. The molecule has 0 bridgehead atoms. The topological polar surface area (TPSA) is 49.7 Å². The van der Waals surface area contributed by atoms with Gasteiger partial charge in [0.2, 0.25) is 0 Å². The van der Waals surface area contributed by atoms with Gasteiger partial charge >= 0.3 is 44.1 Å². The van der Waals surface area contributed by atoms with E-state index in [0.717, 1.165) is 25.7 Å². The summed E-state index contributed by atoms with van der Waals surface area (Å²) in [6.07, 6.45) is 6.89. The van der Waals surface area contributed by atoms with E-state index in [4.69, 9.17) is 13.5 Å². The average molecular weight is 253 g/mol. The van der Waals surface area contributed by atoms with Gasteiger partial charge in [-0.05, 0) is 12.8 Å². The van der Waals surface area contributed by atoms with Crippen LogP contribution in [0.4, 0.5) is 0 Å². The van der Waals surface area contributed by atoms with E-state index >= 15 is 0 Å². The van der Waals surface area contributed by atoms with Crippen LogP contribution in [0.1, 0.15) is 52.4 Å². The first-order valence-electron chi connectivity index (χ1n) is 5.73. The Balaban J connectivity index is 0. The first-order chi connectivity index (χ1) is 7.18. The van der Waals surface area contributed by atoms with Crippen molar-refractivity contribution in [1.82, 2.24) is 0 Å². The van der Waals surface area contributed by atoms with Gasteiger partial charge in [-0.25, -0.2) is 0 Å². The summed E-state index contributed by atoms with van der Waals surface area (Å²) >= 11 is 1.70. The zero-order valence-electron chi connectivity index (χ0n) is 10.0. The van der Waals surface area contributed by atoms with Crippen LogP contribution in [-0.4, -0.2) is 29.5 Å². The van der Waals surface area contributed by atoms with Crippen LogP contribution in [0, 0.1) is 0 Å². The van der Waals surface area contributed by atoms with Gasteiger partial charge in [-0.3, -0.25) is 0 Å². The fourth-order valence-corrected chi connectivity index (χ4v) is 0.931. The van der Waals surface area contributed by atoms with Gasteiger partial charge in [-0.15, -0.1) is 0 Å². The SMILES string of the molecule is CC(C)[O][Ti].OCCCCCCCCO. The molecule has 15 heavy (non-hydrogen) atoms. The molecule has 0 radical (unpaired) electrons. The number of aliphatic hydroxyl groups excluding tert-OH is 2. The van der Waals surface area contributed by atoms with Crippen molar-refractivity contribution in [2.24, 2.45) is 0 Å². The summed E-state index contributed by atoms with van der Waals surface area (Å²) in [4.78, 5) is 0. The van der Waals surface area contributed by atoms with Gasteiger partial charge in [0.15, 0.2) is 0 Å². The summed E-state index contributed by atoms with van der Waals surface area (Å²) in [5.41, 5.74) is 0. The second-order valence-electron chi connectivity index (χ2n) is 3.74. The van der Waals surface area contributed by atoms with Gasteiger partial charge in [0.25, 0.3) is 0 Å². The van der Waals surface area contributed by atoms with E-state index in [1.807, 2.05) is 13.8 Å². The molecule has 0 aromatic heterocycles. The van der Waals surface area contributed by atoms with Gasteiger partial charge in [-0.1, -0.05) is 25.7 Å². The molecule has 0 atom stereocenters. The Hall–Kier alpha value is 0.594. The third kappa shape index (κ3) is 25.1. The molecule has 4 heteroatoms. The van der Waals surface area contributed by atoms with Gasteiger partial charge in [-0.2, -0.15) is 0 Å². The second-order valence-corrected chi connectivity index (χ2v) is 4.10. The molecule has 0 fully saturated rings. The average Bonchev–Trinajstić information content (AvgIpc) is 2.24. The van der Waals surface area contributed by atoms with Crippen molar-refractivity contribution in [1.29, 1.82) is 0 Å². The van der Waals surface area contributed by atoms with E-state index in [2.05, 4.69) is 0 Å². The summed E-state index contributed by atoms with van der Waals surface area (Å²) in [5.74, 6) is 0. The fourth-order valence-electron chi connectivity index (χ4n) is 0.931. The Morgan fingerprint density at radius 2 is 1.13 bits per heavy atom. The fraction of sp³-hybridized carbons (Fsp3) is 1.00. The minimum atomic E-state index is 0.319. The van der Waals surface area contributed by atoms with Crippen molar-refractivity contribution in [3.05, 3.63) is 0 Å². The molecule has 2 N–H and O–H groups in total. The summed E-state index contributed by atoms with van der Waals surface area (Å²) in [5, 5.41) is 16.9. The van der Waals surface area contributed by atoms with Crippen molar-refractivity contribution in [3.63, 3.8) is 0 Å². The van der Waals surface area contributed by atoms with E-state index in [1.165, 1.54) is 12.8 Å². The number of hydrogen-bond donors (Lipinski definition) is 2. The maximum absolute atomic E-state index is 8.43. The minimum absolute atomic E-state index is 0.319. The predicted molar refractivity (Wildman–Crippen MR) is 58.1 cm³/mol. The molecule has 0 aliphatic rings. The molecule has 0 aliphatic heterocycles. The zero-order chi connectivity index (χ0) is 11.9. The van der Waals surface area contributed by atoms with Crippen molar-refractivity contribution in [3.8, 4) is 0 Å². The van der Waals surface area contributed by atoms with Crippen LogP contribution in [0.15, 0.2) is 0 Å². The van der Waals surface area contributed by atoms with Crippen LogP contribution in [0.5, 0.6) is 0 Å². The first-order valence-corrected chi connectivity index (χ1v) is 6.36.